The fourth-order valence-electron chi connectivity index (χ4n) is 3.53. The van der Waals surface area contributed by atoms with Crippen molar-refractivity contribution in [3.8, 4) is 0 Å². The number of hydrogen-bond acceptors (Lipinski definition) is 3. The van der Waals surface area contributed by atoms with Crippen LogP contribution in [0, 0.1) is 0 Å². The molecule has 0 bridgehead atoms. The van der Waals surface area contributed by atoms with Crippen LogP contribution in [0.25, 0.3) is 0 Å². The average Bonchev–Trinajstić information content (AvgIpc) is 2.46. The number of urea groups is 1. The number of amides is 2. The monoisotopic (exact) mass is 298 g/mol. The molecule has 1 aliphatic carbocycles. The SMILES string of the molecule is CC1COCCN1C(=O)N(C)C1(CC(=O)O)CCCCC1. The van der Waals surface area contributed by atoms with E-state index >= 15 is 0 Å². The number of carbonyl (C=O) groups is 2. The molecule has 1 atom stereocenters. The molecule has 0 radical (unpaired) electrons. The van der Waals surface area contributed by atoms with Gasteiger partial charge in [0.05, 0.1) is 31.2 Å². The molecule has 2 rings (SSSR count). The molecule has 1 aliphatic heterocycles. The highest BCUT2D eigenvalue weighted by Crippen LogP contribution is 2.36. The Morgan fingerprint density at radius 3 is 2.57 bits per heavy atom. The van der Waals surface area contributed by atoms with E-state index in [1.807, 2.05) is 11.8 Å². The summed E-state index contributed by atoms with van der Waals surface area (Å²) in [7, 11) is 1.76. The van der Waals surface area contributed by atoms with Gasteiger partial charge in [0, 0.05) is 13.6 Å². The van der Waals surface area contributed by atoms with Crippen LogP contribution in [0.15, 0.2) is 0 Å². The summed E-state index contributed by atoms with van der Waals surface area (Å²) in [5.74, 6) is -0.827. The van der Waals surface area contributed by atoms with Gasteiger partial charge >= 0.3 is 12.0 Å². The van der Waals surface area contributed by atoms with E-state index in [1.54, 1.807) is 11.9 Å². The van der Waals surface area contributed by atoms with Gasteiger partial charge in [0.15, 0.2) is 0 Å². The van der Waals surface area contributed by atoms with Gasteiger partial charge in [0.2, 0.25) is 0 Å². The van der Waals surface area contributed by atoms with E-state index in [-0.39, 0.29) is 18.5 Å². The highest BCUT2D eigenvalue weighted by Gasteiger charge is 2.42. The summed E-state index contributed by atoms with van der Waals surface area (Å²) in [6.07, 6.45) is 4.69. The number of carbonyl (C=O) groups excluding carboxylic acids is 1. The Hall–Kier alpha value is -1.30. The minimum Gasteiger partial charge on any atom is -0.481 e. The molecule has 0 aromatic carbocycles. The van der Waals surface area contributed by atoms with E-state index in [0.717, 1.165) is 32.1 Å². The van der Waals surface area contributed by atoms with Crippen LogP contribution in [-0.2, 0) is 9.53 Å². The number of rotatable bonds is 3. The highest BCUT2D eigenvalue weighted by molar-refractivity contribution is 5.77. The number of carboxylic acids is 1. The topological polar surface area (TPSA) is 70.1 Å². The number of hydrogen-bond donors (Lipinski definition) is 1. The molecule has 1 heterocycles. The first kappa shape index (κ1) is 16.1. The third-order valence-electron chi connectivity index (χ3n) is 4.88. The summed E-state index contributed by atoms with van der Waals surface area (Å²) >= 11 is 0. The highest BCUT2D eigenvalue weighted by atomic mass is 16.5. The smallest absolute Gasteiger partial charge is 0.320 e. The van der Waals surface area contributed by atoms with Crippen molar-refractivity contribution in [2.75, 3.05) is 26.8 Å². The van der Waals surface area contributed by atoms with Gasteiger partial charge in [-0.3, -0.25) is 4.79 Å². The Morgan fingerprint density at radius 2 is 2.00 bits per heavy atom. The number of carboxylic acid groups (broad SMARTS) is 1. The second-order valence-corrected chi connectivity index (χ2v) is 6.31. The maximum atomic E-state index is 12.8. The fourth-order valence-corrected chi connectivity index (χ4v) is 3.53. The average molecular weight is 298 g/mol. The number of ether oxygens (including phenoxy) is 1. The lowest BCUT2D eigenvalue weighted by Gasteiger charge is -2.47. The Balaban J connectivity index is 2.14. The van der Waals surface area contributed by atoms with Crippen LogP contribution in [0.4, 0.5) is 4.79 Å². The first-order valence-electron chi connectivity index (χ1n) is 7.80. The molecular formula is C15H26N2O4. The zero-order chi connectivity index (χ0) is 15.5. The standard InChI is InChI=1S/C15H26N2O4/c1-12-11-21-9-8-17(12)14(20)16(2)15(10-13(18)19)6-4-3-5-7-15/h12H,3-11H2,1-2H3,(H,18,19). The van der Waals surface area contributed by atoms with E-state index in [1.165, 1.54) is 0 Å². The molecule has 0 spiro atoms. The van der Waals surface area contributed by atoms with Gasteiger partial charge in [0.25, 0.3) is 0 Å². The second-order valence-electron chi connectivity index (χ2n) is 6.31. The lowest BCUT2D eigenvalue weighted by atomic mass is 9.78. The van der Waals surface area contributed by atoms with Crippen molar-refractivity contribution in [1.82, 2.24) is 9.80 Å². The first-order chi connectivity index (χ1) is 9.96. The minimum atomic E-state index is -0.827. The summed E-state index contributed by atoms with van der Waals surface area (Å²) < 4.78 is 5.37. The minimum absolute atomic E-state index is 0.0357. The Bertz CT molecular complexity index is 393. The third kappa shape index (κ3) is 3.48. The van der Waals surface area contributed by atoms with Gasteiger partial charge < -0.3 is 19.6 Å². The predicted octanol–water partition coefficient (Wildman–Crippen LogP) is 1.94. The molecule has 1 saturated heterocycles. The van der Waals surface area contributed by atoms with Crippen LogP contribution in [0.5, 0.6) is 0 Å². The van der Waals surface area contributed by atoms with E-state index in [2.05, 4.69) is 0 Å². The van der Waals surface area contributed by atoms with Gasteiger partial charge in [-0.2, -0.15) is 0 Å². The largest absolute Gasteiger partial charge is 0.481 e. The van der Waals surface area contributed by atoms with E-state index < -0.39 is 11.5 Å². The lowest BCUT2D eigenvalue weighted by molar-refractivity contribution is -0.140. The van der Waals surface area contributed by atoms with Crippen LogP contribution in [0.2, 0.25) is 0 Å². The Kier molecular flexibility index (Phi) is 5.08. The molecule has 2 aliphatic rings. The quantitative estimate of drug-likeness (QED) is 0.864. The zero-order valence-corrected chi connectivity index (χ0v) is 13.0. The predicted molar refractivity (Wildman–Crippen MR) is 78.2 cm³/mol. The molecule has 6 heteroatoms. The van der Waals surface area contributed by atoms with Crippen molar-refractivity contribution in [2.24, 2.45) is 0 Å². The lowest BCUT2D eigenvalue weighted by Crippen LogP contribution is -2.59. The van der Waals surface area contributed by atoms with Crippen LogP contribution in [0.1, 0.15) is 45.4 Å². The van der Waals surface area contributed by atoms with Crippen LogP contribution in [0.3, 0.4) is 0 Å². The van der Waals surface area contributed by atoms with E-state index in [9.17, 15) is 14.7 Å². The summed E-state index contributed by atoms with van der Waals surface area (Å²) in [5.41, 5.74) is -0.529. The van der Waals surface area contributed by atoms with Gasteiger partial charge in [-0.1, -0.05) is 19.3 Å². The van der Waals surface area contributed by atoms with Crippen molar-refractivity contribution in [3.05, 3.63) is 0 Å². The molecule has 1 N–H and O–H groups in total. The van der Waals surface area contributed by atoms with Crippen molar-refractivity contribution >= 4 is 12.0 Å². The fraction of sp³-hybridized carbons (Fsp3) is 0.867. The molecule has 2 amide bonds. The number of aliphatic carboxylic acids is 1. The maximum Gasteiger partial charge on any atom is 0.320 e. The van der Waals surface area contributed by atoms with Crippen molar-refractivity contribution in [2.45, 2.75) is 57.0 Å². The maximum absolute atomic E-state index is 12.8. The van der Waals surface area contributed by atoms with Gasteiger partial charge in [-0.15, -0.1) is 0 Å². The molecule has 120 valence electrons. The van der Waals surface area contributed by atoms with Crippen LogP contribution in [-0.4, -0.2) is 65.3 Å². The van der Waals surface area contributed by atoms with Gasteiger partial charge in [-0.25, -0.2) is 4.79 Å². The van der Waals surface area contributed by atoms with Crippen molar-refractivity contribution < 1.29 is 19.4 Å². The summed E-state index contributed by atoms with van der Waals surface area (Å²) in [4.78, 5) is 27.6. The first-order valence-corrected chi connectivity index (χ1v) is 7.80. The zero-order valence-electron chi connectivity index (χ0n) is 13.0. The molecular weight excluding hydrogens is 272 g/mol. The molecule has 6 nitrogen and oxygen atoms in total. The Labute approximate surface area is 126 Å². The number of nitrogens with zero attached hydrogens (tertiary/aromatic N) is 2. The molecule has 0 aromatic rings. The molecule has 1 unspecified atom stereocenters. The van der Waals surface area contributed by atoms with Crippen LogP contribution >= 0.6 is 0 Å². The van der Waals surface area contributed by atoms with Gasteiger partial charge in [-0.05, 0) is 19.8 Å². The van der Waals surface area contributed by atoms with E-state index in [4.69, 9.17) is 4.74 Å². The van der Waals surface area contributed by atoms with E-state index in [0.29, 0.717) is 19.8 Å². The summed E-state index contributed by atoms with van der Waals surface area (Å²) in [6.45, 7) is 3.64. The summed E-state index contributed by atoms with van der Waals surface area (Å²) in [6, 6.07) is -0.0203. The second kappa shape index (κ2) is 6.64. The number of morpholine rings is 1. The molecule has 0 aromatic heterocycles. The van der Waals surface area contributed by atoms with Crippen molar-refractivity contribution in [3.63, 3.8) is 0 Å². The van der Waals surface area contributed by atoms with Crippen molar-refractivity contribution in [1.29, 1.82) is 0 Å². The molecule has 21 heavy (non-hydrogen) atoms. The molecule has 1 saturated carbocycles. The molecule has 2 fully saturated rings. The van der Waals surface area contributed by atoms with Crippen LogP contribution < -0.4 is 0 Å². The normalized spacial score (nSPS) is 25.4. The van der Waals surface area contributed by atoms with Gasteiger partial charge in [0.1, 0.15) is 0 Å². The summed E-state index contributed by atoms with van der Waals surface area (Å²) in [5, 5.41) is 9.25. The third-order valence-corrected chi connectivity index (χ3v) is 4.88. The Morgan fingerprint density at radius 1 is 1.33 bits per heavy atom.